The average Bonchev–Trinajstić information content (AvgIpc) is 2.68. The van der Waals surface area contributed by atoms with E-state index < -0.39 is 0 Å². The van der Waals surface area contributed by atoms with Gasteiger partial charge in [0.25, 0.3) is 5.91 Å². The van der Waals surface area contributed by atoms with Gasteiger partial charge in [-0.2, -0.15) is 0 Å². The van der Waals surface area contributed by atoms with Crippen molar-refractivity contribution in [3.05, 3.63) is 72.2 Å². The Morgan fingerprint density at radius 3 is 2.39 bits per heavy atom. The number of carbonyl (C=O) groups excluding carboxylic acids is 1. The number of nitrogens with zero attached hydrogens (tertiary/aromatic N) is 2. The highest BCUT2D eigenvalue weighted by atomic mass is 16.5. The Labute approximate surface area is 165 Å². The van der Waals surface area contributed by atoms with E-state index in [9.17, 15) is 4.79 Å². The zero-order chi connectivity index (χ0) is 20.1. The molecule has 1 amide bonds. The van der Waals surface area contributed by atoms with Crippen molar-refractivity contribution in [3.8, 4) is 5.75 Å². The number of ether oxygens (including phenoxy) is 1. The molecule has 2 N–H and O–H groups in total. The predicted molar refractivity (Wildman–Crippen MR) is 111 cm³/mol. The van der Waals surface area contributed by atoms with Gasteiger partial charge in [0.1, 0.15) is 23.6 Å². The number of methoxy groups -OCH3 is 1. The number of hydrogen-bond acceptors (Lipinski definition) is 5. The van der Waals surface area contributed by atoms with Crippen LogP contribution in [0.1, 0.15) is 36.8 Å². The predicted octanol–water partition coefficient (Wildman–Crippen LogP) is 4.78. The van der Waals surface area contributed by atoms with Crippen LogP contribution in [0.15, 0.2) is 60.9 Å². The summed E-state index contributed by atoms with van der Waals surface area (Å²) in [6.07, 6.45) is 1.37. The van der Waals surface area contributed by atoms with Gasteiger partial charge in [-0.25, -0.2) is 9.97 Å². The molecule has 2 aromatic carbocycles. The highest BCUT2D eigenvalue weighted by molar-refractivity contribution is 6.03. The van der Waals surface area contributed by atoms with Crippen LogP contribution in [-0.2, 0) is 5.41 Å². The van der Waals surface area contributed by atoms with Crippen molar-refractivity contribution in [3.63, 3.8) is 0 Å². The molecular weight excluding hydrogens is 352 g/mol. The van der Waals surface area contributed by atoms with Crippen LogP contribution in [0.3, 0.4) is 0 Å². The summed E-state index contributed by atoms with van der Waals surface area (Å²) in [7, 11) is 1.62. The number of para-hydroxylation sites is 1. The lowest BCUT2D eigenvalue weighted by Gasteiger charge is -2.22. The normalized spacial score (nSPS) is 11.0. The van der Waals surface area contributed by atoms with E-state index in [1.165, 1.54) is 6.33 Å². The molecule has 144 valence electrons. The summed E-state index contributed by atoms with van der Waals surface area (Å²) in [5.74, 6) is 1.03. The molecule has 1 heterocycles. The lowest BCUT2D eigenvalue weighted by Crippen LogP contribution is -2.19. The second-order valence-corrected chi connectivity index (χ2v) is 7.39. The van der Waals surface area contributed by atoms with Crippen molar-refractivity contribution >= 4 is 23.1 Å². The number of hydrogen-bond donors (Lipinski definition) is 2. The van der Waals surface area contributed by atoms with Gasteiger partial charge in [-0.1, -0.05) is 39.0 Å². The Balaban J connectivity index is 1.77. The third kappa shape index (κ3) is 4.65. The van der Waals surface area contributed by atoms with Crippen LogP contribution in [0.25, 0.3) is 0 Å². The molecule has 0 spiro atoms. The molecule has 6 nitrogen and oxygen atoms in total. The first kappa shape index (κ1) is 19.4. The van der Waals surface area contributed by atoms with Crippen LogP contribution >= 0.6 is 0 Å². The number of amides is 1. The Morgan fingerprint density at radius 2 is 1.71 bits per heavy atom. The maximum absolute atomic E-state index is 12.7. The summed E-state index contributed by atoms with van der Waals surface area (Å²) in [5, 5.41) is 6.13. The first-order valence-electron chi connectivity index (χ1n) is 9.01. The molecule has 3 aromatic rings. The summed E-state index contributed by atoms with van der Waals surface area (Å²) >= 11 is 0. The molecule has 0 unspecified atom stereocenters. The van der Waals surface area contributed by atoms with Crippen LogP contribution < -0.4 is 15.4 Å². The zero-order valence-corrected chi connectivity index (χ0v) is 16.5. The average molecular weight is 376 g/mol. The molecule has 0 radical (unpaired) electrons. The molecule has 0 saturated heterocycles. The Morgan fingerprint density at radius 1 is 1.00 bits per heavy atom. The number of nitrogens with one attached hydrogen (secondary N) is 2. The summed E-state index contributed by atoms with van der Waals surface area (Å²) < 4.78 is 5.15. The Kier molecular flexibility index (Phi) is 5.59. The summed E-state index contributed by atoms with van der Waals surface area (Å²) in [6, 6.07) is 16.9. The van der Waals surface area contributed by atoms with Gasteiger partial charge >= 0.3 is 0 Å². The quantitative estimate of drug-likeness (QED) is 0.670. The molecule has 1 aromatic heterocycles. The van der Waals surface area contributed by atoms with Gasteiger partial charge in [0, 0.05) is 17.4 Å². The van der Waals surface area contributed by atoms with E-state index in [0.29, 0.717) is 5.82 Å². The van der Waals surface area contributed by atoms with Gasteiger partial charge in [0.05, 0.1) is 7.11 Å². The highest BCUT2D eigenvalue weighted by Crippen LogP contribution is 2.29. The van der Waals surface area contributed by atoms with E-state index in [0.717, 1.165) is 22.7 Å². The monoisotopic (exact) mass is 376 g/mol. The van der Waals surface area contributed by atoms with E-state index in [-0.39, 0.29) is 17.0 Å². The second-order valence-electron chi connectivity index (χ2n) is 7.39. The number of aromatic nitrogens is 2. The molecule has 0 saturated carbocycles. The largest absolute Gasteiger partial charge is 0.497 e. The highest BCUT2D eigenvalue weighted by Gasteiger charge is 2.19. The fourth-order valence-electron chi connectivity index (χ4n) is 2.80. The van der Waals surface area contributed by atoms with Gasteiger partial charge in [0.15, 0.2) is 0 Å². The fraction of sp³-hybridized carbons (Fsp3) is 0.227. The van der Waals surface area contributed by atoms with Gasteiger partial charge < -0.3 is 15.4 Å². The first-order chi connectivity index (χ1) is 13.4. The molecule has 0 atom stereocenters. The molecule has 0 bridgehead atoms. The Bertz CT molecular complexity index is 963. The van der Waals surface area contributed by atoms with E-state index in [1.54, 1.807) is 13.2 Å². The van der Waals surface area contributed by atoms with Crippen LogP contribution in [0, 0.1) is 0 Å². The third-order valence-electron chi connectivity index (χ3n) is 4.25. The van der Waals surface area contributed by atoms with Gasteiger partial charge in [0.2, 0.25) is 0 Å². The smallest absolute Gasteiger partial charge is 0.274 e. The van der Waals surface area contributed by atoms with Crippen molar-refractivity contribution in [2.75, 3.05) is 17.7 Å². The fourth-order valence-corrected chi connectivity index (χ4v) is 2.80. The van der Waals surface area contributed by atoms with E-state index in [4.69, 9.17) is 4.74 Å². The topological polar surface area (TPSA) is 76.1 Å². The van der Waals surface area contributed by atoms with Crippen LogP contribution in [-0.4, -0.2) is 23.0 Å². The van der Waals surface area contributed by atoms with Crippen LogP contribution in [0.4, 0.5) is 17.2 Å². The van der Waals surface area contributed by atoms with E-state index >= 15 is 0 Å². The molecular formula is C22H24N4O2. The summed E-state index contributed by atoms with van der Waals surface area (Å²) in [5.41, 5.74) is 2.88. The second kappa shape index (κ2) is 8.08. The molecule has 0 aliphatic carbocycles. The summed E-state index contributed by atoms with van der Waals surface area (Å²) in [4.78, 5) is 21.0. The number of benzene rings is 2. The third-order valence-corrected chi connectivity index (χ3v) is 4.25. The van der Waals surface area contributed by atoms with Gasteiger partial charge in [-0.05, 0) is 41.3 Å². The van der Waals surface area contributed by atoms with E-state index in [2.05, 4.69) is 41.4 Å². The van der Waals surface area contributed by atoms with E-state index in [1.807, 2.05) is 48.5 Å². The van der Waals surface area contributed by atoms with Crippen molar-refractivity contribution in [2.24, 2.45) is 0 Å². The standard InChI is InChI=1S/C22H24N4O2/c1-22(2,3)17-7-5-6-8-18(17)26-21(27)19-13-20(24-14-23-19)25-15-9-11-16(28-4)12-10-15/h5-14H,1-4H3,(H,26,27)(H,23,24,25). The van der Waals surface area contributed by atoms with Gasteiger partial charge in [-0.3, -0.25) is 4.79 Å². The Hall–Kier alpha value is -3.41. The van der Waals surface area contributed by atoms with Crippen LogP contribution in [0.2, 0.25) is 0 Å². The SMILES string of the molecule is COc1ccc(Nc2cc(C(=O)Nc3ccccc3C(C)(C)C)ncn2)cc1. The molecule has 0 aliphatic rings. The summed E-state index contributed by atoms with van der Waals surface area (Å²) in [6.45, 7) is 6.33. The number of anilines is 3. The molecule has 0 fully saturated rings. The lowest BCUT2D eigenvalue weighted by molar-refractivity contribution is 0.102. The molecule has 28 heavy (non-hydrogen) atoms. The van der Waals surface area contributed by atoms with Crippen molar-refractivity contribution in [1.29, 1.82) is 0 Å². The van der Waals surface area contributed by atoms with Crippen molar-refractivity contribution < 1.29 is 9.53 Å². The molecule has 0 aliphatic heterocycles. The zero-order valence-electron chi connectivity index (χ0n) is 16.5. The minimum absolute atomic E-state index is 0.0867. The van der Waals surface area contributed by atoms with Crippen LogP contribution in [0.5, 0.6) is 5.75 Å². The minimum atomic E-state index is -0.281. The maximum atomic E-state index is 12.7. The maximum Gasteiger partial charge on any atom is 0.274 e. The number of carbonyl (C=O) groups is 1. The number of rotatable bonds is 5. The lowest BCUT2D eigenvalue weighted by atomic mass is 9.86. The van der Waals surface area contributed by atoms with Crippen molar-refractivity contribution in [2.45, 2.75) is 26.2 Å². The first-order valence-corrected chi connectivity index (χ1v) is 9.01. The molecule has 3 rings (SSSR count). The molecule has 6 heteroatoms. The van der Waals surface area contributed by atoms with Crippen molar-refractivity contribution in [1.82, 2.24) is 9.97 Å². The van der Waals surface area contributed by atoms with Gasteiger partial charge in [-0.15, -0.1) is 0 Å². The minimum Gasteiger partial charge on any atom is -0.497 e.